The zero-order valence-electron chi connectivity index (χ0n) is 20.1. The van der Waals surface area contributed by atoms with Crippen molar-refractivity contribution in [3.05, 3.63) is 117 Å². The molecule has 4 aromatic rings. The first-order valence-corrected chi connectivity index (χ1v) is 12.7. The second kappa shape index (κ2) is 9.88. The molecule has 0 radical (unpaired) electrons. The summed E-state index contributed by atoms with van der Waals surface area (Å²) in [6.45, 7) is 2.94. The largest absolute Gasteiger partial charge is 0.488 e. The van der Waals surface area contributed by atoms with E-state index in [1.165, 1.54) is 0 Å². The van der Waals surface area contributed by atoms with Gasteiger partial charge in [-0.1, -0.05) is 70.5 Å². The molecule has 0 spiro atoms. The summed E-state index contributed by atoms with van der Waals surface area (Å²) in [4.78, 5) is 13.1. The van der Waals surface area contributed by atoms with Gasteiger partial charge in [0.05, 0.1) is 12.2 Å². The maximum Gasteiger partial charge on any atom is 0.231 e. The van der Waals surface area contributed by atoms with E-state index in [9.17, 15) is 4.79 Å². The molecule has 0 amide bonds. The molecule has 5 nitrogen and oxygen atoms in total. The van der Waals surface area contributed by atoms with Crippen molar-refractivity contribution < 1.29 is 23.7 Å². The molecule has 0 aromatic heterocycles. The Kier molecular flexibility index (Phi) is 6.28. The highest BCUT2D eigenvalue weighted by Crippen LogP contribution is 2.40. The molecule has 0 aliphatic carbocycles. The van der Waals surface area contributed by atoms with E-state index in [2.05, 4.69) is 28.1 Å². The van der Waals surface area contributed by atoms with E-state index < -0.39 is 0 Å². The molecule has 0 fully saturated rings. The van der Waals surface area contributed by atoms with Crippen LogP contribution in [0.25, 0.3) is 17.2 Å². The third-order valence-electron chi connectivity index (χ3n) is 6.49. The molecular weight excluding hydrogens is 532 g/mol. The molecule has 0 N–H and O–H groups in total. The Morgan fingerprint density at radius 1 is 0.946 bits per heavy atom. The molecule has 37 heavy (non-hydrogen) atoms. The average Bonchev–Trinajstić information content (AvgIpc) is 3.24. The smallest absolute Gasteiger partial charge is 0.231 e. The molecule has 6 heteroatoms. The van der Waals surface area contributed by atoms with Gasteiger partial charge in [-0.2, -0.15) is 0 Å². The number of rotatable bonds is 5. The van der Waals surface area contributed by atoms with Crippen molar-refractivity contribution in [3.63, 3.8) is 0 Å². The van der Waals surface area contributed by atoms with Crippen molar-refractivity contribution in [2.75, 3.05) is 6.79 Å². The highest BCUT2D eigenvalue weighted by molar-refractivity contribution is 9.10. The number of allylic oxidation sites excluding steroid dienone is 1. The van der Waals surface area contributed by atoms with Crippen LogP contribution >= 0.6 is 15.9 Å². The van der Waals surface area contributed by atoms with Gasteiger partial charge in [0.25, 0.3) is 0 Å². The lowest BCUT2D eigenvalue weighted by Gasteiger charge is -2.21. The Bertz CT molecular complexity index is 1520. The number of halogens is 1. The highest BCUT2D eigenvalue weighted by atomic mass is 79.9. The lowest BCUT2D eigenvalue weighted by atomic mass is 10.0. The molecule has 4 aromatic carbocycles. The van der Waals surface area contributed by atoms with Gasteiger partial charge < -0.3 is 18.9 Å². The summed E-state index contributed by atoms with van der Waals surface area (Å²) in [6, 6.07) is 25.8. The highest BCUT2D eigenvalue weighted by Gasteiger charge is 2.30. The fourth-order valence-corrected chi connectivity index (χ4v) is 5.15. The lowest BCUT2D eigenvalue weighted by molar-refractivity contribution is -0.0176. The van der Waals surface area contributed by atoms with Crippen molar-refractivity contribution in [1.29, 1.82) is 0 Å². The van der Waals surface area contributed by atoms with Crippen LogP contribution < -0.4 is 14.2 Å². The third kappa shape index (κ3) is 4.66. The van der Waals surface area contributed by atoms with Crippen LogP contribution in [0.4, 0.5) is 0 Å². The third-order valence-corrected chi connectivity index (χ3v) is 6.94. The number of carbonyl (C=O) groups excluding carboxylic acids is 1. The number of hydrogen-bond donors (Lipinski definition) is 0. The summed E-state index contributed by atoms with van der Waals surface area (Å²) in [5.74, 6) is 2.16. The number of ether oxygens (including phenoxy) is 4. The van der Waals surface area contributed by atoms with E-state index in [0.717, 1.165) is 43.6 Å². The van der Waals surface area contributed by atoms with Gasteiger partial charge in [-0.05, 0) is 54.0 Å². The fraction of sp³-hybridized carbons (Fsp3) is 0.129. The standard InChI is InChI=1S/C31H23BrO5/c1-19-27(35-17-24-15-25(32)14-23-16-34-18-36-31(23)24)12-11-26-29(33)28(37-30(19)26)13-20-7-9-22(10-8-20)21-5-3-2-4-6-21/h2-15H,16-18H2,1H3/b28-13-. The van der Waals surface area contributed by atoms with E-state index in [0.29, 0.717) is 36.0 Å². The van der Waals surface area contributed by atoms with Crippen LogP contribution in [-0.2, 0) is 18.0 Å². The number of fused-ring (bicyclic) bond motifs is 2. The second-order valence-electron chi connectivity index (χ2n) is 8.95. The maximum absolute atomic E-state index is 13.1. The minimum absolute atomic E-state index is 0.133. The van der Waals surface area contributed by atoms with Gasteiger partial charge in [-0.25, -0.2) is 0 Å². The van der Waals surface area contributed by atoms with E-state index in [4.69, 9.17) is 18.9 Å². The molecule has 6 rings (SSSR count). The first kappa shape index (κ1) is 23.5. The summed E-state index contributed by atoms with van der Waals surface area (Å²) in [5, 5.41) is 0. The number of hydrogen-bond acceptors (Lipinski definition) is 5. The number of Topliss-reactive ketones (excluding diaryl/α,β-unsaturated/α-hetero) is 1. The minimum Gasteiger partial charge on any atom is -0.488 e. The van der Waals surface area contributed by atoms with E-state index in [-0.39, 0.29) is 12.6 Å². The average molecular weight is 555 g/mol. The summed E-state index contributed by atoms with van der Waals surface area (Å²) in [5.41, 5.74) is 6.38. The zero-order valence-corrected chi connectivity index (χ0v) is 21.7. The molecule has 0 atom stereocenters. The Morgan fingerprint density at radius 2 is 1.73 bits per heavy atom. The quantitative estimate of drug-likeness (QED) is 0.239. The molecule has 0 unspecified atom stereocenters. The van der Waals surface area contributed by atoms with Crippen molar-refractivity contribution in [1.82, 2.24) is 0 Å². The lowest BCUT2D eigenvalue weighted by Crippen LogP contribution is -2.14. The Morgan fingerprint density at radius 3 is 2.54 bits per heavy atom. The van der Waals surface area contributed by atoms with Crippen molar-refractivity contribution >= 4 is 27.8 Å². The van der Waals surface area contributed by atoms with Gasteiger partial charge in [0.2, 0.25) is 5.78 Å². The Labute approximate surface area is 223 Å². The monoisotopic (exact) mass is 554 g/mol. The van der Waals surface area contributed by atoms with Crippen molar-refractivity contribution in [2.24, 2.45) is 0 Å². The van der Waals surface area contributed by atoms with E-state index in [1.807, 2.05) is 67.6 Å². The SMILES string of the molecule is Cc1c(OCc2cc(Br)cc3c2OCOC3)ccc2c1O/C(=C\c1ccc(-c3ccccc3)cc1)C2=O. The van der Waals surface area contributed by atoms with Gasteiger partial charge >= 0.3 is 0 Å². The molecule has 0 saturated carbocycles. The topological polar surface area (TPSA) is 54.0 Å². The molecule has 2 aliphatic heterocycles. The molecule has 0 bridgehead atoms. The fourth-order valence-electron chi connectivity index (χ4n) is 4.60. The summed E-state index contributed by atoms with van der Waals surface area (Å²) < 4.78 is 24.3. The molecule has 2 heterocycles. The molecule has 2 aliphatic rings. The van der Waals surface area contributed by atoms with Crippen molar-refractivity contribution in [2.45, 2.75) is 20.1 Å². The first-order valence-electron chi connectivity index (χ1n) is 11.9. The Balaban J connectivity index is 1.21. The predicted molar refractivity (Wildman–Crippen MR) is 145 cm³/mol. The van der Waals surface area contributed by atoms with E-state index >= 15 is 0 Å². The van der Waals surface area contributed by atoms with Crippen LogP contribution in [0.5, 0.6) is 17.2 Å². The summed E-state index contributed by atoms with van der Waals surface area (Å²) in [7, 11) is 0. The number of benzene rings is 4. The second-order valence-corrected chi connectivity index (χ2v) is 9.86. The normalized spacial score (nSPS) is 15.1. The van der Waals surface area contributed by atoms with Crippen LogP contribution in [-0.4, -0.2) is 12.6 Å². The first-order chi connectivity index (χ1) is 18.1. The van der Waals surface area contributed by atoms with Crippen LogP contribution in [0.1, 0.15) is 32.6 Å². The number of carbonyl (C=O) groups is 1. The molecule has 184 valence electrons. The van der Waals surface area contributed by atoms with E-state index in [1.54, 1.807) is 12.1 Å². The van der Waals surface area contributed by atoms with Crippen LogP contribution in [0, 0.1) is 6.92 Å². The summed E-state index contributed by atoms with van der Waals surface area (Å²) >= 11 is 3.55. The van der Waals surface area contributed by atoms with Crippen LogP contribution in [0.15, 0.2) is 89.1 Å². The van der Waals surface area contributed by atoms with Crippen LogP contribution in [0.2, 0.25) is 0 Å². The van der Waals surface area contributed by atoms with Gasteiger partial charge in [0.1, 0.15) is 23.9 Å². The van der Waals surface area contributed by atoms with Gasteiger partial charge in [-0.15, -0.1) is 0 Å². The predicted octanol–water partition coefficient (Wildman–Crippen LogP) is 7.49. The van der Waals surface area contributed by atoms with Gasteiger partial charge in [0.15, 0.2) is 12.6 Å². The minimum atomic E-state index is -0.133. The van der Waals surface area contributed by atoms with Gasteiger partial charge in [0, 0.05) is 21.2 Å². The molecule has 0 saturated heterocycles. The Hall–Kier alpha value is -3.87. The molecular formula is C31H23BrO5. The van der Waals surface area contributed by atoms with Crippen LogP contribution in [0.3, 0.4) is 0 Å². The number of ketones is 1. The van der Waals surface area contributed by atoms with Gasteiger partial charge in [-0.3, -0.25) is 4.79 Å². The maximum atomic E-state index is 13.1. The van der Waals surface area contributed by atoms with Crippen molar-refractivity contribution in [3.8, 4) is 28.4 Å². The summed E-state index contributed by atoms with van der Waals surface area (Å²) in [6.07, 6.45) is 1.78. The zero-order chi connectivity index (χ0) is 25.4.